The molecule has 4 nitrogen and oxygen atoms in total. The second-order valence-electron chi connectivity index (χ2n) is 5.27. The Kier molecular flexibility index (Phi) is 8.01. The van der Waals surface area contributed by atoms with Crippen LogP contribution in [0.3, 0.4) is 0 Å². The van der Waals surface area contributed by atoms with E-state index in [-0.39, 0.29) is 10.7 Å². The minimum absolute atomic E-state index is 0.0794. The van der Waals surface area contributed by atoms with E-state index >= 15 is 0 Å². The fraction of sp³-hybridized carbons (Fsp3) is 0.867. The number of unbranched alkanes of at least 4 members (excludes halogenated alkanes) is 2. The second-order valence-corrected chi connectivity index (χ2v) is 6.46. The highest BCUT2D eigenvalue weighted by Crippen LogP contribution is 2.33. The average molecular weight is 298 g/mol. The third-order valence-corrected chi connectivity index (χ3v) is 5.20. The first-order chi connectivity index (χ1) is 9.65. The normalized spacial score (nSPS) is 18.4. The fourth-order valence-corrected chi connectivity index (χ4v) is 3.20. The zero-order valence-corrected chi connectivity index (χ0v) is 13.5. The van der Waals surface area contributed by atoms with Crippen molar-refractivity contribution in [1.82, 2.24) is 4.90 Å². The number of piperidine rings is 1. The number of nitrogens with zero attached hydrogens (tertiary/aromatic N) is 2. The summed E-state index contributed by atoms with van der Waals surface area (Å²) in [4.78, 5) is 13.6. The Hall–Kier alpha value is -0.730. The number of carbonyl (C=O) groups excluding carboxylic acids is 1. The maximum atomic E-state index is 11.2. The van der Waals surface area contributed by atoms with Gasteiger partial charge in [0.1, 0.15) is 4.75 Å². The van der Waals surface area contributed by atoms with Gasteiger partial charge in [0.2, 0.25) is 0 Å². The van der Waals surface area contributed by atoms with Gasteiger partial charge in [0.25, 0.3) is 0 Å². The van der Waals surface area contributed by atoms with Crippen molar-refractivity contribution < 1.29 is 9.53 Å². The van der Waals surface area contributed by atoms with Crippen LogP contribution in [-0.2, 0) is 9.53 Å². The first-order valence-corrected chi connectivity index (χ1v) is 8.72. The molecule has 114 valence electrons. The summed E-state index contributed by atoms with van der Waals surface area (Å²) in [5, 5.41) is 9.24. The lowest BCUT2D eigenvalue weighted by molar-refractivity contribution is -0.143. The highest BCUT2D eigenvalue weighted by molar-refractivity contribution is 8.00. The van der Waals surface area contributed by atoms with Crippen molar-refractivity contribution in [2.45, 2.75) is 50.2 Å². The van der Waals surface area contributed by atoms with Crippen molar-refractivity contribution >= 4 is 17.7 Å². The summed E-state index contributed by atoms with van der Waals surface area (Å²) in [5.41, 5.74) is 0. The molecule has 0 amide bonds. The van der Waals surface area contributed by atoms with Crippen LogP contribution >= 0.6 is 11.8 Å². The molecule has 1 fully saturated rings. The zero-order chi connectivity index (χ0) is 14.8. The van der Waals surface area contributed by atoms with Gasteiger partial charge in [-0.15, -0.1) is 11.8 Å². The molecule has 5 heteroatoms. The van der Waals surface area contributed by atoms with E-state index < -0.39 is 0 Å². The van der Waals surface area contributed by atoms with Crippen LogP contribution in [0.1, 0.15) is 45.4 Å². The summed E-state index contributed by atoms with van der Waals surface area (Å²) in [6, 6.07) is 2.47. The van der Waals surface area contributed by atoms with Gasteiger partial charge >= 0.3 is 5.97 Å². The number of carbonyl (C=O) groups is 1. The molecule has 1 heterocycles. The van der Waals surface area contributed by atoms with Crippen molar-refractivity contribution in [3.63, 3.8) is 0 Å². The Morgan fingerprint density at radius 3 is 2.60 bits per heavy atom. The van der Waals surface area contributed by atoms with Gasteiger partial charge in [-0.25, -0.2) is 0 Å². The standard InChI is InChI=1S/C15H26N2O2S/c1-3-19-14(18)7-5-4-6-10-17-11-8-15(13-16,20-2)9-12-17/h3-12H2,1-2H3. The summed E-state index contributed by atoms with van der Waals surface area (Å²) >= 11 is 1.70. The molecule has 0 atom stereocenters. The number of rotatable bonds is 8. The molecule has 0 saturated carbocycles. The topological polar surface area (TPSA) is 53.3 Å². The number of nitriles is 1. The molecule has 0 aromatic carbocycles. The Balaban J connectivity index is 2.08. The lowest BCUT2D eigenvalue weighted by Gasteiger charge is -2.36. The van der Waals surface area contributed by atoms with Crippen molar-refractivity contribution in [3.8, 4) is 6.07 Å². The van der Waals surface area contributed by atoms with E-state index in [0.29, 0.717) is 13.0 Å². The summed E-state index contributed by atoms with van der Waals surface area (Å²) in [6.45, 7) is 5.43. The van der Waals surface area contributed by atoms with Crippen LogP contribution < -0.4 is 0 Å². The van der Waals surface area contributed by atoms with Gasteiger partial charge < -0.3 is 9.64 Å². The summed E-state index contributed by atoms with van der Waals surface area (Å²) in [6.07, 6.45) is 7.62. The average Bonchev–Trinajstić information content (AvgIpc) is 2.48. The van der Waals surface area contributed by atoms with Crippen LogP contribution in [0.25, 0.3) is 0 Å². The summed E-state index contributed by atoms with van der Waals surface area (Å²) in [5.74, 6) is -0.0794. The van der Waals surface area contributed by atoms with E-state index in [0.717, 1.165) is 51.7 Å². The molecular weight excluding hydrogens is 272 g/mol. The summed E-state index contributed by atoms with van der Waals surface area (Å²) < 4.78 is 4.75. The van der Waals surface area contributed by atoms with Crippen LogP contribution in [0.15, 0.2) is 0 Å². The molecule has 1 saturated heterocycles. The quantitative estimate of drug-likeness (QED) is 0.509. The molecule has 1 rings (SSSR count). The fourth-order valence-electron chi connectivity index (χ4n) is 2.51. The molecule has 20 heavy (non-hydrogen) atoms. The Bertz CT molecular complexity index is 333. The van der Waals surface area contributed by atoms with Gasteiger partial charge in [0.15, 0.2) is 0 Å². The number of esters is 1. The lowest BCUT2D eigenvalue weighted by Crippen LogP contribution is -2.41. The molecule has 0 bridgehead atoms. The Morgan fingerprint density at radius 2 is 2.05 bits per heavy atom. The molecule has 0 aromatic heterocycles. The SMILES string of the molecule is CCOC(=O)CCCCCN1CCC(C#N)(SC)CC1. The van der Waals surface area contributed by atoms with Crippen LogP contribution in [0, 0.1) is 11.3 Å². The van der Waals surface area contributed by atoms with Crippen molar-refractivity contribution in [2.75, 3.05) is 32.5 Å². The van der Waals surface area contributed by atoms with Gasteiger partial charge in [-0.1, -0.05) is 6.42 Å². The van der Waals surface area contributed by atoms with E-state index in [1.165, 1.54) is 0 Å². The minimum Gasteiger partial charge on any atom is -0.466 e. The molecule has 1 aliphatic heterocycles. The van der Waals surface area contributed by atoms with Gasteiger partial charge in [-0.2, -0.15) is 5.26 Å². The van der Waals surface area contributed by atoms with Crippen LogP contribution in [0.4, 0.5) is 0 Å². The molecule has 0 unspecified atom stereocenters. The maximum Gasteiger partial charge on any atom is 0.305 e. The lowest BCUT2D eigenvalue weighted by atomic mass is 9.97. The van der Waals surface area contributed by atoms with E-state index in [2.05, 4.69) is 11.0 Å². The number of thioether (sulfide) groups is 1. The van der Waals surface area contributed by atoms with Gasteiger partial charge in [0, 0.05) is 19.5 Å². The molecular formula is C15H26N2O2S. The third kappa shape index (κ3) is 5.72. The van der Waals surface area contributed by atoms with E-state index in [9.17, 15) is 10.1 Å². The predicted octanol–water partition coefficient (Wildman–Crippen LogP) is 2.83. The van der Waals surface area contributed by atoms with E-state index in [1.54, 1.807) is 11.8 Å². The predicted molar refractivity (Wildman–Crippen MR) is 82.6 cm³/mol. The van der Waals surface area contributed by atoms with Gasteiger partial charge in [-0.3, -0.25) is 4.79 Å². The minimum atomic E-state index is -0.152. The first-order valence-electron chi connectivity index (χ1n) is 7.50. The smallest absolute Gasteiger partial charge is 0.305 e. The van der Waals surface area contributed by atoms with Crippen molar-refractivity contribution in [3.05, 3.63) is 0 Å². The Morgan fingerprint density at radius 1 is 1.35 bits per heavy atom. The third-order valence-electron chi connectivity index (χ3n) is 3.92. The Labute approximate surface area is 126 Å². The highest BCUT2D eigenvalue weighted by Gasteiger charge is 2.33. The molecule has 0 radical (unpaired) electrons. The van der Waals surface area contributed by atoms with Gasteiger partial charge in [-0.05, 0) is 45.4 Å². The number of hydrogen-bond donors (Lipinski definition) is 0. The molecule has 0 N–H and O–H groups in total. The highest BCUT2D eigenvalue weighted by atomic mass is 32.2. The zero-order valence-electron chi connectivity index (χ0n) is 12.7. The monoisotopic (exact) mass is 298 g/mol. The summed E-state index contributed by atoms with van der Waals surface area (Å²) in [7, 11) is 0. The van der Waals surface area contributed by atoms with Crippen molar-refractivity contribution in [2.24, 2.45) is 0 Å². The van der Waals surface area contributed by atoms with E-state index in [1.807, 2.05) is 13.2 Å². The number of hydrogen-bond acceptors (Lipinski definition) is 5. The number of ether oxygens (including phenoxy) is 1. The maximum absolute atomic E-state index is 11.2. The molecule has 1 aliphatic rings. The van der Waals surface area contributed by atoms with Crippen molar-refractivity contribution in [1.29, 1.82) is 5.26 Å². The molecule has 0 aromatic rings. The van der Waals surface area contributed by atoms with Crippen LogP contribution in [0.5, 0.6) is 0 Å². The second kappa shape index (κ2) is 9.25. The molecule has 0 aliphatic carbocycles. The van der Waals surface area contributed by atoms with E-state index in [4.69, 9.17) is 4.74 Å². The largest absolute Gasteiger partial charge is 0.466 e. The first kappa shape index (κ1) is 17.3. The van der Waals surface area contributed by atoms with Crippen LogP contribution in [-0.4, -0.2) is 48.1 Å². The van der Waals surface area contributed by atoms with Crippen LogP contribution in [0.2, 0.25) is 0 Å². The number of likely N-dealkylation sites (tertiary alicyclic amines) is 1. The van der Waals surface area contributed by atoms with Gasteiger partial charge in [0.05, 0.1) is 12.7 Å². The molecule has 0 spiro atoms.